The largest absolute Gasteiger partial charge is 0.337 e. The molecule has 0 atom stereocenters. The van der Waals surface area contributed by atoms with Gasteiger partial charge in [0.1, 0.15) is 11.6 Å². The Labute approximate surface area is 161 Å². The van der Waals surface area contributed by atoms with E-state index in [2.05, 4.69) is 10.3 Å². The van der Waals surface area contributed by atoms with Crippen molar-refractivity contribution in [1.82, 2.24) is 4.98 Å². The third-order valence-corrected chi connectivity index (χ3v) is 5.64. The quantitative estimate of drug-likeness (QED) is 0.291. The summed E-state index contributed by atoms with van der Waals surface area (Å²) in [4.78, 5) is 16.3. The maximum Gasteiger partial charge on any atom is 0.222 e. The molecule has 0 saturated heterocycles. The summed E-state index contributed by atoms with van der Waals surface area (Å²) in [6, 6.07) is 12.7. The van der Waals surface area contributed by atoms with Crippen molar-refractivity contribution in [3.05, 3.63) is 64.8 Å². The van der Waals surface area contributed by atoms with E-state index in [9.17, 15) is 9.18 Å². The van der Waals surface area contributed by atoms with Crippen LogP contribution in [-0.2, 0) is 0 Å². The highest BCUT2D eigenvalue weighted by Gasteiger charge is 2.13. The number of fused-ring (bicyclic) bond motifs is 3. The number of thiophene rings is 1. The molecule has 4 aromatic rings. The van der Waals surface area contributed by atoms with Gasteiger partial charge in [-0.1, -0.05) is 18.2 Å². The number of aryl methyl sites for hydroxylation is 1. The highest BCUT2D eigenvalue weighted by Crippen LogP contribution is 2.35. The van der Waals surface area contributed by atoms with Crippen molar-refractivity contribution in [3.8, 4) is 0 Å². The number of pyridine rings is 1. The van der Waals surface area contributed by atoms with Crippen molar-refractivity contribution in [2.24, 2.45) is 0 Å². The summed E-state index contributed by atoms with van der Waals surface area (Å²) in [5.41, 5.74) is 2.28. The zero-order valence-electron chi connectivity index (χ0n) is 13.1. The second-order valence-electron chi connectivity index (χ2n) is 5.69. The Morgan fingerprint density at radius 3 is 2.84 bits per heavy atom. The molecule has 0 bridgehead atoms. The van der Waals surface area contributed by atoms with Crippen molar-refractivity contribution in [2.75, 3.05) is 5.32 Å². The fourth-order valence-electron chi connectivity index (χ4n) is 2.79. The summed E-state index contributed by atoms with van der Waals surface area (Å²) >= 11 is 3.37. The first-order valence-electron chi connectivity index (χ1n) is 7.57. The number of hydrogen-bond donors (Lipinski definition) is 1. The van der Waals surface area contributed by atoms with Gasteiger partial charge >= 0.3 is 0 Å². The predicted molar refractivity (Wildman–Crippen MR) is 110 cm³/mol. The van der Waals surface area contributed by atoms with E-state index in [-0.39, 0.29) is 9.61 Å². The van der Waals surface area contributed by atoms with Gasteiger partial charge in [0.2, 0.25) is 3.79 Å². The topological polar surface area (TPSA) is 42.0 Å². The number of nitrogens with zero attached hydrogens (tertiary/aromatic N) is 1. The molecule has 2 aromatic carbocycles. The van der Waals surface area contributed by atoms with Crippen molar-refractivity contribution >= 4 is 70.2 Å². The maximum atomic E-state index is 14.4. The first-order chi connectivity index (χ1) is 12.0. The summed E-state index contributed by atoms with van der Waals surface area (Å²) in [6.07, 6.45) is 0. The van der Waals surface area contributed by atoms with Crippen LogP contribution < -0.4 is 5.32 Å². The number of aromatic nitrogens is 1. The lowest BCUT2D eigenvalue weighted by Gasteiger charge is -2.11. The van der Waals surface area contributed by atoms with E-state index in [4.69, 9.17) is 0 Å². The zero-order valence-corrected chi connectivity index (χ0v) is 16.1. The van der Waals surface area contributed by atoms with Crippen LogP contribution in [0.3, 0.4) is 0 Å². The highest BCUT2D eigenvalue weighted by molar-refractivity contribution is 14.1. The van der Waals surface area contributed by atoms with Gasteiger partial charge in [-0.3, -0.25) is 4.79 Å². The first kappa shape index (κ1) is 16.4. The van der Waals surface area contributed by atoms with Crippen LogP contribution in [-0.4, -0.2) is 8.77 Å². The molecule has 1 N–H and O–H groups in total. The van der Waals surface area contributed by atoms with Crippen LogP contribution in [0.4, 0.5) is 15.9 Å². The minimum Gasteiger partial charge on any atom is -0.337 e. The summed E-state index contributed by atoms with van der Waals surface area (Å²) in [7, 11) is 0. The van der Waals surface area contributed by atoms with E-state index in [0.717, 1.165) is 15.5 Å². The van der Waals surface area contributed by atoms with Crippen LogP contribution in [0.5, 0.6) is 0 Å². The van der Waals surface area contributed by atoms with Crippen LogP contribution in [0.2, 0.25) is 0 Å². The van der Waals surface area contributed by atoms with Crippen molar-refractivity contribution in [2.45, 2.75) is 6.92 Å². The Balaban J connectivity index is 1.93. The van der Waals surface area contributed by atoms with E-state index in [1.807, 2.05) is 23.6 Å². The van der Waals surface area contributed by atoms with Gasteiger partial charge in [-0.15, -0.1) is 11.3 Å². The molecule has 0 aliphatic rings. The molecular formula is C19H12FIN2OS. The lowest BCUT2D eigenvalue weighted by Crippen LogP contribution is -1.99. The van der Waals surface area contributed by atoms with E-state index >= 15 is 0 Å². The van der Waals surface area contributed by atoms with E-state index in [1.54, 1.807) is 65.1 Å². The number of halogens is 2. The van der Waals surface area contributed by atoms with E-state index in [0.29, 0.717) is 28.1 Å². The van der Waals surface area contributed by atoms with Crippen LogP contribution in [0, 0.1) is 12.7 Å². The lowest BCUT2D eigenvalue weighted by atomic mass is 10.1. The molecule has 0 radical (unpaired) electrons. The van der Waals surface area contributed by atoms with Crippen molar-refractivity contribution in [3.63, 3.8) is 0 Å². The first-order valence-corrected chi connectivity index (χ1v) is 9.53. The Bertz CT molecular complexity index is 1140. The van der Waals surface area contributed by atoms with Gasteiger partial charge in [-0.2, -0.15) is 0 Å². The Hall–Kier alpha value is -2.06. The summed E-state index contributed by atoms with van der Waals surface area (Å²) in [6.45, 7) is 1.73. The molecule has 0 saturated carbocycles. The van der Waals surface area contributed by atoms with Gasteiger partial charge in [0.15, 0.2) is 0 Å². The average molecular weight is 462 g/mol. The van der Waals surface area contributed by atoms with E-state index in [1.165, 1.54) is 0 Å². The number of hydrogen-bond acceptors (Lipinski definition) is 4. The standard InChI is InChI=1S/C19H12FIN2OS/c1-10-3-2-4-14(16(10)20)22-19-13-7-8-25-17(13)12-6-5-11(18(21)24)9-15(12)23-19/h2-9H,1H3,(H,22,23). The second kappa shape index (κ2) is 6.34. The molecule has 0 amide bonds. The Kier molecular flexibility index (Phi) is 4.16. The van der Waals surface area contributed by atoms with Gasteiger partial charge in [0.25, 0.3) is 0 Å². The molecule has 2 aromatic heterocycles. The van der Waals surface area contributed by atoms with Gasteiger partial charge < -0.3 is 5.32 Å². The number of carbonyl (C=O) groups excluding carboxylic acids is 1. The minimum atomic E-state index is -0.288. The maximum absolute atomic E-state index is 14.4. The van der Waals surface area contributed by atoms with Crippen LogP contribution in [0.25, 0.3) is 21.0 Å². The SMILES string of the molecule is Cc1cccc(Nc2nc3cc(C(=O)I)ccc3c3sccc23)c1F. The molecule has 0 aliphatic carbocycles. The highest BCUT2D eigenvalue weighted by atomic mass is 127. The number of anilines is 2. The Morgan fingerprint density at radius 1 is 1.20 bits per heavy atom. The number of nitrogens with one attached hydrogen (secondary N) is 1. The number of benzene rings is 2. The monoisotopic (exact) mass is 462 g/mol. The molecule has 0 aliphatic heterocycles. The van der Waals surface area contributed by atoms with Crippen LogP contribution in [0.15, 0.2) is 47.8 Å². The Morgan fingerprint density at radius 2 is 2.04 bits per heavy atom. The smallest absolute Gasteiger partial charge is 0.222 e. The molecule has 124 valence electrons. The van der Waals surface area contributed by atoms with Crippen molar-refractivity contribution in [1.29, 1.82) is 0 Å². The summed E-state index contributed by atoms with van der Waals surface area (Å²) in [5, 5.41) is 7.03. The fourth-order valence-corrected chi connectivity index (χ4v) is 4.06. The van der Waals surface area contributed by atoms with Gasteiger partial charge in [-0.25, -0.2) is 9.37 Å². The third-order valence-electron chi connectivity index (χ3n) is 4.07. The van der Waals surface area contributed by atoms with Crippen molar-refractivity contribution < 1.29 is 9.18 Å². The normalized spacial score (nSPS) is 11.2. The molecule has 25 heavy (non-hydrogen) atoms. The minimum absolute atomic E-state index is 0.0354. The second-order valence-corrected chi connectivity index (χ2v) is 7.59. The molecule has 0 unspecified atom stereocenters. The average Bonchev–Trinajstić information content (AvgIpc) is 3.08. The predicted octanol–water partition coefficient (Wildman–Crippen LogP) is 6.22. The molecule has 4 rings (SSSR count). The fraction of sp³-hybridized carbons (Fsp3) is 0.0526. The van der Waals surface area contributed by atoms with E-state index < -0.39 is 0 Å². The molecule has 6 heteroatoms. The van der Waals surface area contributed by atoms with Gasteiger partial charge in [0.05, 0.1) is 11.2 Å². The number of carbonyl (C=O) groups is 1. The van der Waals surface area contributed by atoms with Gasteiger partial charge in [-0.05, 0) is 42.1 Å². The third kappa shape index (κ3) is 2.89. The van der Waals surface area contributed by atoms with Crippen LogP contribution in [0.1, 0.15) is 15.9 Å². The zero-order chi connectivity index (χ0) is 17.6. The lowest BCUT2D eigenvalue weighted by molar-refractivity contribution is 0.110. The molecule has 0 spiro atoms. The molecule has 3 nitrogen and oxygen atoms in total. The van der Waals surface area contributed by atoms with Crippen LogP contribution >= 0.6 is 33.9 Å². The summed E-state index contributed by atoms with van der Waals surface area (Å²) in [5.74, 6) is 0.301. The molecular weight excluding hydrogens is 450 g/mol. The molecule has 2 heterocycles. The summed E-state index contributed by atoms with van der Waals surface area (Å²) < 4.78 is 15.4. The molecule has 0 fully saturated rings. The van der Waals surface area contributed by atoms with Gasteiger partial charge in [0, 0.05) is 43.6 Å². The number of rotatable bonds is 3.